The minimum Gasteiger partial charge on any atom is -0.357 e. The first kappa shape index (κ1) is 17.4. The van der Waals surface area contributed by atoms with E-state index in [-0.39, 0.29) is 5.82 Å². The quantitative estimate of drug-likeness (QED) is 0.814. The fourth-order valence-corrected chi connectivity index (χ4v) is 2.92. The Morgan fingerprint density at radius 2 is 1.96 bits per heavy atom. The summed E-state index contributed by atoms with van der Waals surface area (Å²) < 4.78 is 13.0. The van der Waals surface area contributed by atoms with Gasteiger partial charge in [0.15, 0.2) is 0 Å². The van der Waals surface area contributed by atoms with E-state index in [0.29, 0.717) is 19.0 Å². The molecule has 0 radical (unpaired) electrons. The standard InChI is InChI=1S/C19H22FN7/c20-16-4-2-15(3-5-16)6-7-24-27-14-23-18(26-10-1-11-26)12-19(27)25-17-13-21-8-9-22-17/h2-5,8-9,12-13,24H,1,6-7,10-11,14H2,(H,22,25). The molecule has 7 nitrogen and oxygen atoms in total. The maximum Gasteiger partial charge on any atom is 0.149 e. The Bertz CT molecular complexity index is 816. The van der Waals surface area contributed by atoms with Gasteiger partial charge in [-0.05, 0) is 30.5 Å². The zero-order valence-electron chi connectivity index (χ0n) is 15.0. The summed E-state index contributed by atoms with van der Waals surface area (Å²) in [5, 5.41) is 5.27. The lowest BCUT2D eigenvalue weighted by molar-refractivity contribution is 0.243. The molecule has 1 aromatic carbocycles. The van der Waals surface area contributed by atoms with E-state index in [1.807, 2.05) is 23.2 Å². The molecule has 27 heavy (non-hydrogen) atoms. The number of nitrogens with one attached hydrogen (secondary N) is 2. The Morgan fingerprint density at radius 1 is 1.11 bits per heavy atom. The molecule has 1 fully saturated rings. The van der Waals surface area contributed by atoms with Gasteiger partial charge >= 0.3 is 0 Å². The van der Waals surface area contributed by atoms with Crippen LogP contribution in [0.25, 0.3) is 0 Å². The molecule has 2 aliphatic heterocycles. The molecule has 4 rings (SSSR count). The van der Waals surface area contributed by atoms with E-state index in [0.717, 1.165) is 36.7 Å². The van der Waals surface area contributed by atoms with Crippen LogP contribution in [0.2, 0.25) is 0 Å². The number of rotatable bonds is 6. The van der Waals surface area contributed by atoms with Crippen LogP contribution < -0.4 is 10.7 Å². The first-order valence-electron chi connectivity index (χ1n) is 9.07. The van der Waals surface area contributed by atoms with Crippen molar-refractivity contribution in [2.24, 2.45) is 4.99 Å². The maximum atomic E-state index is 13.0. The second-order valence-corrected chi connectivity index (χ2v) is 6.46. The number of benzene rings is 1. The zero-order valence-corrected chi connectivity index (χ0v) is 15.0. The summed E-state index contributed by atoms with van der Waals surface area (Å²) in [4.78, 5) is 15.3. The molecule has 3 heterocycles. The summed E-state index contributed by atoms with van der Waals surface area (Å²) in [7, 11) is 0. The summed E-state index contributed by atoms with van der Waals surface area (Å²) >= 11 is 0. The van der Waals surface area contributed by atoms with Gasteiger partial charge in [0.25, 0.3) is 0 Å². The fraction of sp³-hybridized carbons (Fsp3) is 0.316. The van der Waals surface area contributed by atoms with Gasteiger partial charge in [-0.3, -0.25) is 9.99 Å². The molecule has 140 valence electrons. The monoisotopic (exact) mass is 367 g/mol. The van der Waals surface area contributed by atoms with Crippen LogP contribution in [0.15, 0.2) is 59.7 Å². The van der Waals surface area contributed by atoms with Crippen molar-refractivity contribution in [3.8, 4) is 0 Å². The largest absolute Gasteiger partial charge is 0.357 e. The number of aliphatic imine (C=N–C) groups is 1. The predicted octanol–water partition coefficient (Wildman–Crippen LogP) is 1.99. The highest BCUT2D eigenvalue weighted by atomic mass is 19.1. The zero-order chi connectivity index (χ0) is 18.5. The van der Waals surface area contributed by atoms with Gasteiger partial charge in [0, 0.05) is 38.1 Å². The predicted molar refractivity (Wildman–Crippen MR) is 102 cm³/mol. The second kappa shape index (κ2) is 8.13. The van der Waals surface area contributed by atoms with Crippen LogP contribution in [-0.4, -0.2) is 52.0 Å². The first-order chi connectivity index (χ1) is 13.3. The number of likely N-dealkylation sites (tertiary alicyclic amines) is 1. The first-order valence-corrected chi connectivity index (χ1v) is 9.07. The molecular formula is C19H22FN7. The summed E-state index contributed by atoms with van der Waals surface area (Å²) in [5.74, 6) is 2.34. The van der Waals surface area contributed by atoms with Crippen molar-refractivity contribution in [1.82, 2.24) is 25.3 Å². The molecule has 0 unspecified atom stereocenters. The molecule has 2 N–H and O–H groups in total. The summed E-state index contributed by atoms with van der Waals surface area (Å²) in [6.07, 6.45) is 9.01. The molecule has 0 bridgehead atoms. The maximum absolute atomic E-state index is 13.0. The van der Waals surface area contributed by atoms with Crippen molar-refractivity contribution in [2.45, 2.75) is 12.8 Å². The molecule has 0 saturated carbocycles. The number of anilines is 1. The van der Waals surface area contributed by atoms with Crippen LogP contribution in [0.4, 0.5) is 10.2 Å². The summed E-state index contributed by atoms with van der Waals surface area (Å²) in [6.45, 7) is 3.31. The fourth-order valence-electron chi connectivity index (χ4n) is 2.92. The Morgan fingerprint density at radius 3 is 2.67 bits per heavy atom. The lowest BCUT2D eigenvalue weighted by Crippen LogP contribution is -2.48. The van der Waals surface area contributed by atoms with E-state index in [4.69, 9.17) is 0 Å². The average Bonchev–Trinajstić information content (AvgIpc) is 2.64. The molecule has 8 heteroatoms. The Hall–Kier alpha value is -3.00. The van der Waals surface area contributed by atoms with Crippen LogP contribution in [0.5, 0.6) is 0 Å². The van der Waals surface area contributed by atoms with Crippen molar-refractivity contribution in [2.75, 3.05) is 31.6 Å². The Labute approximate surface area is 157 Å². The van der Waals surface area contributed by atoms with Crippen LogP contribution in [0.1, 0.15) is 12.0 Å². The number of amidine groups is 1. The van der Waals surface area contributed by atoms with Crippen LogP contribution in [-0.2, 0) is 6.42 Å². The Balaban J connectivity index is 1.41. The molecule has 0 aliphatic carbocycles. The minimum atomic E-state index is -0.214. The molecule has 2 aromatic rings. The lowest BCUT2D eigenvalue weighted by atomic mass is 10.1. The van der Waals surface area contributed by atoms with E-state index < -0.39 is 0 Å². The van der Waals surface area contributed by atoms with E-state index in [9.17, 15) is 4.39 Å². The molecule has 2 aliphatic rings. The highest BCUT2D eigenvalue weighted by Gasteiger charge is 2.22. The van der Waals surface area contributed by atoms with Gasteiger partial charge in [0.05, 0.1) is 6.20 Å². The van der Waals surface area contributed by atoms with E-state index in [1.165, 1.54) is 18.6 Å². The molecule has 1 saturated heterocycles. The normalized spacial score (nSPS) is 16.5. The SMILES string of the molecule is Fc1ccc(CCNN2CN=C(N3CCC3)C=C2Nc2cnccn2)cc1. The van der Waals surface area contributed by atoms with Gasteiger partial charge in [-0.1, -0.05) is 12.1 Å². The second-order valence-electron chi connectivity index (χ2n) is 6.46. The number of halogens is 1. The van der Waals surface area contributed by atoms with Crippen LogP contribution in [0, 0.1) is 5.82 Å². The van der Waals surface area contributed by atoms with Crippen LogP contribution >= 0.6 is 0 Å². The summed E-state index contributed by atoms with van der Waals surface area (Å²) in [6, 6.07) is 6.59. The van der Waals surface area contributed by atoms with Crippen molar-refractivity contribution >= 4 is 11.7 Å². The average molecular weight is 367 g/mol. The van der Waals surface area contributed by atoms with Crippen molar-refractivity contribution in [3.63, 3.8) is 0 Å². The topological polar surface area (TPSA) is 68.7 Å². The lowest BCUT2D eigenvalue weighted by Gasteiger charge is -2.37. The third-order valence-electron chi connectivity index (χ3n) is 4.56. The van der Waals surface area contributed by atoms with Crippen molar-refractivity contribution in [3.05, 3.63) is 66.1 Å². The Kier molecular flexibility index (Phi) is 5.24. The van der Waals surface area contributed by atoms with E-state index in [2.05, 4.69) is 30.6 Å². The third-order valence-corrected chi connectivity index (χ3v) is 4.56. The van der Waals surface area contributed by atoms with Crippen LogP contribution in [0.3, 0.4) is 0 Å². The molecule has 0 atom stereocenters. The van der Waals surface area contributed by atoms with Gasteiger partial charge in [0.2, 0.25) is 0 Å². The third kappa shape index (κ3) is 4.40. The van der Waals surface area contributed by atoms with E-state index >= 15 is 0 Å². The number of hydrogen-bond acceptors (Lipinski definition) is 7. The molecule has 0 amide bonds. The molecular weight excluding hydrogens is 345 g/mol. The van der Waals surface area contributed by atoms with Gasteiger partial charge in [-0.2, -0.15) is 0 Å². The van der Waals surface area contributed by atoms with Crippen molar-refractivity contribution in [1.29, 1.82) is 0 Å². The smallest absolute Gasteiger partial charge is 0.149 e. The summed E-state index contributed by atoms with van der Waals surface area (Å²) in [5.41, 5.74) is 4.47. The highest BCUT2D eigenvalue weighted by molar-refractivity contribution is 5.94. The number of nitrogens with zero attached hydrogens (tertiary/aromatic N) is 5. The highest BCUT2D eigenvalue weighted by Crippen LogP contribution is 2.16. The number of hydrazine groups is 1. The van der Waals surface area contributed by atoms with E-state index in [1.54, 1.807) is 18.6 Å². The molecule has 0 spiro atoms. The number of hydrogen-bond donors (Lipinski definition) is 2. The van der Waals surface area contributed by atoms with Gasteiger partial charge in [-0.15, -0.1) is 0 Å². The number of aromatic nitrogens is 2. The molecule has 1 aromatic heterocycles. The van der Waals surface area contributed by atoms with Gasteiger partial charge in [0.1, 0.15) is 30.0 Å². The van der Waals surface area contributed by atoms with Gasteiger partial charge < -0.3 is 10.2 Å². The van der Waals surface area contributed by atoms with Crippen molar-refractivity contribution < 1.29 is 4.39 Å². The minimum absolute atomic E-state index is 0.214. The van der Waals surface area contributed by atoms with Gasteiger partial charge in [-0.25, -0.2) is 19.8 Å².